The van der Waals surface area contributed by atoms with E-state index in [4.69, 9.17) is 10.5 Å². The smallest absolute Gasteiger partial charge is 0.265 e. The van der Waals surface area contributed by atoms with Crippen molar-refractivity contribution in [2.24, 2.45) is 0 Å². The van der Waals surface area contributed by atoms with E-state index in [1.807, 2.05) is 30.3 Å². The number of piperidine rings is 1. The van der Waals surface area contributed by atoms with Gasteiger partial charge in [0, 0.05) is 18.5 Å². The predicted molar refractivity (Wildman–Crippen MR) is 91.7 cm³/mol. The molecule has 2 aromatic rings. The van der Waals surface area contributed by atoms with Crippen molar-refractivity contribution in [1.82, 2.24) is 4.90 Å². The molecule has 2 N–H and O–H groups in total. The van der Waals surface area contributed by atoms with Gasteiger partial charge in [0.2, 0.25) is 0 Å². The van der Waals surface area contributed by atoms with E-state index in [0.29, 0.717) is 36.6 Å². The van der Waals surface area contributed by atoms with Gasteiger partial charge in [-0.05, 0) is 30.2 Å². The molecule has 0 atom stereocenters. The molecular formula is C19H20F2N2O2. The zero-order chi connectivity index (χ0) is 17.9. The summed E-state index contributed by atoms with van der Waals surface area (Å²) in [6.45, 7) is 0.148. The van der Waals surface area contributed by atoms with Crippen LogP contribution in [0.15, 0.2) is 48.5 Å². The Bertz CT molecular complexity index is 750. The monoisotopic (exact) mass is 346 g/mol. The summed E-state index contributed by atoms with van der Waals surface area (Å²) in [4.78, 5) is 13.6. The molecule has 1 aliphatic heterocycles. The van der Waals surface area contributed by atoms with Crippen LogP contribution in [0, 0.1) is 0 Å². The van der Waals surface area contributed by atoms with Gasteiger partial charge in [0.05, 0.1) is 12.2 Å². The number of nitrogen functional groups attached to an aromatic ring is 1. The highest BCUT2D eigenvalue weighted by Crippen LogP contribution is 2.29. The van der Waals surface area contributed by atoms with Gasteiger partial charge in [-0.1, -0.05) is 30.3 Å². The molecule has 3 rings (SSSR count). The minimum atomic E-state index is -2.82. The molecule has 1 heterocycles. The summed E-state index contributed by atoms with van der Waals surface area (Å²) in [6.07, 6.45) is 0.123. The fourth-order valence-corrected chi connectivity index (χ4v) is 2.87. The van der Waals surface area contributed by atoms with Gasteiger partial charge in [-0.15, -0.1) is 0 Å². The van der Waals surface area contributed by atoms with Crippen LogP contribution in [0.2, 0.25) is 0 Å². The third kappa shape index (κ3) is 4.26. The summed E-state index contributed by atoms with van der Waals surface area (Å²) >= 11 is 0. The Morgan fingerprint density at radius 1 is 1.20 bits per heavy atom. The van der Waals surface area contributed by atoms with Crippen LogP contribution < -0.4 is 10.5 Å². The fourth-order valence-electron chi connectivity index (χ4n) is 2.87. The van der Waals surface area contributed by atoms with Crippen molar-refractivity contribution in [2.45, 2.75) is 25.4 Å². The Morgan fingerprint density at radius 3 is 2.64 bits per heavy atom. The number of ether oxygens (including phenoxy) is 1. The number of amides is 1. The number of benzene rings is 2. The average molecular weight is 346 g/mol. The van der Waals surface area contributed by atoms with Gasteiger partial charge >= 0.3 is 0 Å². The lowest BCUT2D eigenvalue weighted by molar-refractivity contribution is -0.0560. The highest BCUT2D eigenvalue weighted by molar-refractivity contribution is 5.95. The van der Waals surface area contributed by atoms with Crippen molar-refractivity contribution in [3.63, 3.8) is 0 Å². The minimum Gasteiger partial charge on any atom is -0.487 e. The molecule has 1 aliphatic rings. The largest absolute Gasteiger partial charge is 0.487 e. The molecule has 25 heavy (non-hydrogen) atoms. The first-order valence-electron chi connectivity index (χ1n) is 8.18. The van der Waals surface area contributed by atoms with Crippen LogP contribution in [0.25, 0.3) is 0 Å². The van der Waals surface area contributed by atoms with Crippen LogP contribution in [0.3, 0.4) is 0 Å². The molecule has 132 valence electrons. The highest BCUT2D eigenvalue weighted by Gasteiger charge is 2.37. The fraction of sp³-hybridized carbons (Fsp3) is 0.316. The molecule has 0 radical (unpaired) electrons. The van der Waals surface area contributed by atoms with E-state index in [1.165, 1.54) is 11.0 Å². The van der Waals surface area contributed by atoms with E-state index in [0.717, 1.165) is 5.56 Å². The SMILES string of the molecule is Nc1cc(C(=O)N2CCCC(F)(F)C2)ccc1OCc1ccccc1. The molecule has 1 saturated heterocycles. The number of rotatable bonds is 4. The van der Waals surface area contributed by atoms with Crippen LogP contribution >= 0.6 is 0 Å². The number of hydrogen-bond donors (Lipinski definition) is 1. The number of halogens is 2. The number of alkyl halides is 2. The molecule has 0 aromatic heterocycles. The quantitative estimate of drug-likeness (QED) is 0.859. The van der Waals surface area contributed by atoms with Crippen LogP contribution in [0.4, 0.5) is 14.5 Å². The maximum atomic E-state index is 13.5. The predicted octanol–water partition coefficient (Wildman–Crippen LogP) is 3.72. The normalized spacial score (nSPS) is 16.5. The van der Waals surface area contributed by atoms with Crippen LogP contribution in [0.5, 0.6) is 5.75 Å². The topological polar surface area (TPSA) is 55.6 Å². The van der Waals surface area contributed by atoms with E-state index < -0.39 is 18.4 Å². The van der Waals surface area contributed by atoms with Crippen LogP contribution in [-0.4, -0.2) is 29.8 Å². The van der Waals surface area contributed by atoms with Crippen molar-refractivity contribution in [2.75, 3.05) is 18.8 Å². The molecule has 6 heteroatoms. The second-order valence-electron chi connectivity index (χ2n) is 6.21. The Morgan fingerprint density at radius 2 is 1.96 bits per heavy atom. The molecule has 0 saturated carbocycles. The average Bonchev–Trinajstić information content (AvgIpc) is 2.60. The van der Waals surface area contributed by atoms with E-state index in [2.05, 4.69) is 0 Å². The molecular weight excluding hydrogens is 326 g/mol. The third-order valence-corrected chi connectivity index (χ3v) is 4.17. The van der Waals surface area contributed by atoms with Crippen molar-refractivity contribution in [3.05, 3.63) is 59.7 Å². The van der Waals surface area contributed by atoms with Gasteiger partial charge in [0.25, 0.3) is 11.8 Å². The van der Waals surface area contributed by atoms with Gasteiger partial charge in [0.1, 0.15) is 12.4 Å². The molecule has 0 bridgehead atoms. The number of carbonyl (C=O) groups is 1. The van der Waals surface area contributed by atoms with Gasteiger partial charge < -0.3 is 15.4 Å². The lowest BCUT2D eigenvalue weighted by Gasteiger charge is -2.32. The van der Waals surface area contributed by atoms with Gasteiger partial charge in [-0.3, -0.25) is 4.79 Å². The number of hydrogen-bond acceptors (Lipinski definition) is 3. The number of anilines is 1. The second kappa shape index (κ2) is 7.09. The summed E-state index contributed by atoms with van der Waals surface area (Å²) < 4.78 is 32.7. The third-order valence-electron chi connectivity index (χ3n) is 4.17. The van der Waals surface area contributed by atoms with Gasteiger partial charge in [0.15, 0.2) is 0 Å². The zero-order valence-electron chi connectivity index (χ0n) is 13.8. The zero-order valence-corrected chi connectivity index (χ0v) is 13.8. The summed E-state index contributed by atoms with van der Waals surface area (Å²) in [7, 11) is 0. The number of carbonyl (C=O) groups excluding carboxylic acids is 1. The van der Waals surface area contributed by atoms with E-state index in [1.54, 1.807) is 12.1 Å². The van der Waals surface area contributed by atoms with Crippen molar-refractivity contribution in [3.8, 4) is 5.75 Å². The first-order valence-corrected chi connectivity index (χ1v) is 8.18. The van der Waals surface area contributed by atoms with Crippen LogP contribution in [-0.2, 0) is 6.61 Å². The molecule has 2 aromatic carbocycles. The van der Waals surface area contributed by atoms with E-state index in [9.17, 15) is 13.6 Å². The number of likely N-dealkylation sites (tertiary alicyclic amines) is 1. The first kappa shape index (κ1) is 17.2. The molecule has 4 nitrogen and oxygen atoms in total. The summed E-state index contributed by atoms with van der Waals surface area (Å²) in [5.74, 6) is -2.79. The lowest BCUT2D eigenvalue weighted by Crippen LogP contribution is -2.45. The standard InChI is InChI=1S/C19H20F2N2O2/c20-19(21)9-4-10-23(13-19)18(24)15-7-8-17(16(22)11-15)25-12-14-5-2-1-3-6-14/h1-3,5-8,11H,4,9-10,12-13,22H2. The Labute approximate surface area is 145 Å². The molecule has 1 amide bonds. The Hall–Kier alpha value is -2.63. The second-order valence-corrected chi connectivity index (χ2v) is 6.21. The van der Waals surface area contributed by atoms with Crippen molar-refractivity contribution >= 4 is 11.6 Å². The maximum Gasteiger partial charge on any atom is 0.265 e. The van der Waals surface area contributed by atoms with E-state index >= 15 is 0 Å². The highest BCUT2D eigenvalue weighted by atomic mass is 19.3. The Kier molecular flexibility index (Phi) is 4.88. The van der Waals surface area contributed by atoms with Crippen molar-refractivity contribution in [1.29, 1.82) is 0 Å². The van der Waals surface area contributed by atoms with Gasteiger partial charge in [-0.25, -0.2) is 8.78 Å². The number of nitrogens with two attached hydrogens (primary N) is 1. The molecule has 0 unspecified atom stereocenters. The molecule has 0 spiro atoms. The maximum absolute atomic E-state index is 13.5. The number of nitrogens with zero attached hydrogens (tertiary/aromatic N) is 1. The summed E-state index contributed by atoms with van der Waals surface area (Å²) in [5, 5.41) is 0. The van der Waals surface area contributed by atoms with E-state index in [-0.39, 0.29) is 6.42 Å². The summed E-state index contributed by atoms with van der Waals surface area (Å²) in [5.41, 5.74) is 7.56. The van der Waals surface area contributed by atoms with Crippen molar-refractivity contribution < 1.29 is 18.3 Å². The minimum absolute atomic E-state index is 0.175. The lowest BCUT2D eigenvalue weighted by atomic mass is 10.1. The molecule has 0 aliphatic carbocycles. The Balaban J connectivity index is 1.68. The van der Waals surface area contributed by atoms with Crippen LogP contribution in [0.1, 0.15) is 28.8 Å². The molecule has 1 fully saturated rings. The first-order chi connectivity index (χ1) is 11.9. The summed E-state index contributed by atoms with van der Waals surface area (Å²) in [6, 6.07) is 14.3. The van der Waals surface area contributed by atoms with Gasteiger partial charge in [-0.2, -0.15) is 0 Å².